The molecule has 16 heavy (non-hydrogen) atoms. The van der Waals surface area contributed by atoms with Gasteiger partial charge in [-0.15, -0.1) is 4.24 Å². The Balaban J connectivity index is 0.00000225. The van der Waals surface area contributed by atoms with Gasteiger partial charge in [0.2, 0.25) is 0 Å². The van der Waals surface area contributed by atoms with Crippen LogP contribution in [0.5, 0.6) is 0 Å². The van der Waals surface area contributed by atoms with Crippen LogP contribution < -0.4 is 18.9 Å². The first-order chi connectivity index (χ1) is 7.20. The molecule has 88 valence electrons. The SMILES string of the molecule is CCOP(=O)([C-]=C1SCCCS1)OCC.[Li+]. The van der Waals surface area contributed by atoms with Gasteiger partial charge in [0.15, 0.2) is 7.60 Å². The largest absolute Gasteiger partial charge is 1.00 e. The summed E-state index contributed by atoms with van der Waals surface area (Å²) in [7, 11) is -3.12. The molecule has 0 atom stereocenters. The molecule has 0 spiro atoms. The van der Waals surface area contributed by atoms with Crippen LogP contribution in [-0.2, 0) is 13.6 Å². The first-order valence-electron chi connectivity index (χ1n) is 5.00. The fourth-order valence-electron chi connectivity index (χ4n) is 1.05. The summed E-state index contributed by atoms with van der Waals surface area (Å²) < 4.78 is 23.3. The summed E-state index contributed by atoms with van der Waals surface area (Å²) in [6, 6.07) is 0. The van der Waals surface area contributed by atoms with Crippen molar-refractivity contribution in [2.75, 3.05) is 24.7 Å². The number of hydrogen-bond acceptors (Lipinski definition) is 5. The fourth-order valence-corrected chi connectivity index (χ4v) is 5.31. The molecule has 1 rings (SSSR count). The minimum absolute atomic E-state index is 0. The van der Waals surface area contributed by atoms with Gasteiger partial charge in [0.25, 0.3) is 0 Å². The molecule has 0 bridgehead atoms. The second-order valence-corrected chi connectivity index (χ2v) is 6.99. The van der Waals surface area contributed by atoms with Crippen molar-refractivity contribution in [2.24, 2.45) is 0 Å². The molecule has 1 heterocycles. The van der Waals surface area contributed by atoms with Gasteiger partial charge >= 0.3 is 18.9 Å². The van der Waals surface area contributed by atoms with Crippen LogP contribution in [0.4, 0.5) is 0 Å². The fraction of sp³-hybridized carbons (Fsp3) is 0.778. The number of rotatable bonds is 5. The Labute approximate surface area is 118 Å². The predicted molar refractivity (Wildman–Crippen MR) is 67.1 cm³/mol. The first-order valence-corrected chi connectivity index (χ1v) is 8.51. The van der Waals surface area contributed by atoms with E-state index in [0.717, 1.165) is 15.7 Å². The summed E-state index contributed by atoms with van der Waals surface area (Å²) in [4.78, 5) is 0. The van der Waals surface area contributed by atoms with Gasteiger partial charge in [-0.25, -0.2) is 0 Å². The summed E-state index contributed by atoms with van der Waals surface area (Å²) >= 11 is 3.36. The quantitative estimate of drug-likeness (QED) is 0.419. The molecule has 0 amide bonds. The van der Waals surface area contributed by atoms with Crippen LogP contribution in [0.25, 0.3) is 0 Å². The third-order valence-electron chi connectivity index (χ3n) is 1.58. The molecule has 1 fully saturated rings. The zero-order valence-electron chi connectivity index (χ0n) is 10.0. The van der Waals surface area contributed by atoms with E-state index in [0.29, 0.717) is 13.2 Å². The van der Waals surface area contributed by atoms with Gasteiger partial charge in [-0.1, -0.05) is 0 Å². The van der Waals surface area contributed by atoms with Gasteiger partial charge in [-0.2, -0.15) is 23.5 Å². The van der Waals surface area contributed by atoms with Crippen LogP contribution in [0.15, 0.2) is 4.24 Å². The third kappa shape index (κ3) is 6.21. The topological polar surface area (TPSA) is 35.5 Å². The maximum absolute atomic E-state index is 12.1. The van der Waals surface area contributed by atoms with Gasteiger partial charge in [0, 0.05) is 0 Å². The smallest absolute Gasteiger partial charge is 0.350 e. The van der Waals surface area contributed by atoms with Crippen molar-refractivity contribution in [3.05, 3.63) is 10.1 Å². The molecule has 7 heteroatoms. The van der Waals surface area contributed by atoms with Crippen LogP contribution in [0, 0.1) is 5.82 Å². The van der Waals surface area contributed by atoms with E-state index in [4.69, 9.17) is 9.05 Å². The molecule has 1 aliphatic heterocycles. The van der Waals surface area contributed by atoms with Crippen LogP contribution in [0.2, 0.25) is 0 Å². The second kappa shape index (κ2) is 9.16. The molecule has 0 radical (unpaired) electrons. The standard InChI is InChI=1S/C9H16O3PS2.Li/c1-3-11-13(10,12-4-2)8-9-14-6-5-7-15-9;/h3-7H2,1-2H3;/q-1;+1. The van der Waals surface area contributed by atoms with E-state index < -0.39 is 7.60 Å². The Kier molecular flexibility index (Phi) is 9.84. The van der Waals surface area contributed by atoms with E-state index in [1.807, 2.05) is 0 Å². The van der Waals surface area contributed by atoms with Crippen molar-refractivity contribution in [2.45, 2.75) is 20.3 Å². The molecule has 0 N–H and O–H groups in total. The van der Waals surface area contributed by atoms with Crippen molar-refractivity contribution in [1.29, 1.82) is 0 Å². The normalized spacial score (nSPS) is 16.8. The van der Waals surface area contributed by atoms with Crippen molar-refractivity contribution in [3.8, 4) is 0 Å². The molecule has 1 aliphatic rings. The minimum Gasteiger partial charge on any atom is -0.350 e. The Bertz CT molecular complexity index is 255. The summed E-state index contributed by atoms with van der Waals surface area (Å²) in [6.45, 7) is 4.37. The summed E-state index contributed by atoms with van der Waals surface area (Å²) in [5, 5.41) is 0. The van der Waals surface area contributed by atoms with Gasteiger partial charge < -0.3 is 14.9 Å². The predicted octanol–water partition coefficient (Wildman–Crippen LogP) is 0.729. The average Bonchev–Trinajstić information content (AvgIpc) is 2.19. The van der Waals surface area contributed by atoms with Crippen LogP contribution in [0.3, 0.4) is 0 Å². The van der Waals surface area contributed by atoms with E-state index in [2.05, 4.69) is 5.82 Å². The average molecular weight is 274 g/mol. The molecule has 0 aromatic heterocycles. The first kappa shape index (κ1) is 17.2. The van der Waals surface area contributed by atoms with E-state index in [1.54, 1.807) is 37.4 Å². The Hall–Kier alpha value is 1.19. The van der Waals surface area contributed by atoms with Crippen molar-refractivity contribution in [3.63, 3.8) is 0 Å². The molecule has 3 nitrogen and oxygen atoms in total. The molecular weight excluding hydrogens is 258 g/mol. The third-order valence-corrected chi connectivity index (χ3v) is 6.00. The van der Waals surface area contributed by atoms with Gasteiger partial charge in [0.1, 0.15) is 0 Å². The number of hydrogen-bond donors (Lipinski definition) is 0. The van der Waals surface area contributed by atoms with E-state index in [9.17, 15) is 4.57 Å². The minimum atomic E-state index is -3.12. The Morgan fingerprint density at radius 1 is 1.25 bits per heavy atom. The zero-order chi connectivity index (χ0) is 11.1. The summed E-state index contributed by atoms with van der Waals surface area (Å²) in [6.07, 6.45) is 1.19. The van der Waals surface area contributed by atoms with Gasteiger partial charge in [0.05, 0.1) is 13.2 Å². The van der Waals surface area contributed by atoms with Crippen LogP contribution >= 0.6 is 31.1 Å². The maximum atomic E-state index is 12.1. The molecule has 0 aliphatic carbocycles. The summed E-state index contributed by atoms with van der Waals surface area (Å²) in [5.41, 5.74) is 0. The Morgan fingerprint density at radius 2 is 1.75 bits per heavy atom. The molecule has 0 aromatic rings. The van der Waals surface area contributed by atoms with E-state index in [1.165, 1.54) is 6.42 Å². The monoisotopic (exact) mass is 274 g/mol. The van der Waals surface area contributed by atoms with Crippen molar-refractivity contribution >= 4 is 31.1 Å². The molecule has 0 aromatic carbocycles. The van der Waals surface area contributed by atoms with Gasteiger partial charge in [-0.05, 0) is 31.8 Å². The zero-order valence-corrected chi connectivity index (χ0v) is 12.6. The number of thioether (sulfide) groups is 2. The van der Waals surface area contributed by atoms with Crippen molar-refractivity contribution < 1.29 is 32.5 Å². The maximum Gasteiger partial charge on any atom is 1.00 e. The molecule has 0 unspecified atom stereocenters. The Morgan fingerprint density at radius 3 is 2.19 bits per heavy atom. The van der Waals surface area contributed by atoms with Crippen molar-refractivity contribution in [1.82, 2.24) is 0 Å². The molecular formula is C9H16LiO3PS2. The van der Waals surface area contributed by atoms with Crippen LogP contribution in [-0.4, -0.2) is 24.7 Å². The summed E-state index contributed by atoms with van der Waals surface area (Å²) in [5.74, 6) is 5.01. The molecule has 1 saturated heterocycles. The van der Waals surface area contributed by atoms with E-state index in [-0.39, 0.29) is 18.9 Å². The van der Waals surface area contributed by atoms with Crippen LogP contribution in [0.1, 0.15) is 20.3 Å². The van der Waals surface area contributed by atoms with Gasteiger partial charge in [-0.3, -0.25) is 4.57 Å². The molecule has 0 saturated carbocycles. The second-order valence-electron chi connectivity index (χ2n) is 2.78. The van der Waals surface area contributed by atoms with E-state index >= 15 is 0 Å².